The first-order valence-corrected chi connectivity index (χ1v) is 9.97. The van der Waals surface area contributed by atoms with Gasteiger partial charge in [0.1, 0.15) is 12.7 Å². The van der Waals surface area contributed by atoms with Gasteiger partial charge in [-0.3, -0.25) is 4.79 Å². The molecule has 1 atom stereocenters. The lowest BCUT2D eigenvalue weighted by Crippen LogP contribution is -2.48. The maximum Gasteiger partial charge on any atom is 0.267 e. The van der Waals surface area contributed by atoms with Gasteiger partial charge < -0.3 is 16.2 Å². The Bertz CT molecular complexity index is 818. The summed E-state index contributed by atoms with van der Waals surface area (Å²) in [5.41, 5.74) is 8.08. The van der Waals surface area contributed by atoms with E-state index >= 15 is 0 Å². The highest BCUT2D eigenvalue weighted by Crippen LogP contribution is 2.56. The van der Waals surface area contributed by atoms with Crippen LogP contribution < -0.4 is 15.6 Å². The zero-order chi connectivity index (χ0) is 20.5. The van der Waals surface area contributed by atoms with E-state index in [1.54, 1.807) is 6.20 Å². The first-order valence-electron chi connectivity index (χ1n) is 9.97. The summed E-state index contributed by atoms with van der Waals surface area (Å²) in [6.07, 6.45) is 10.4. The fourth-order valence-electron chi connectivity index (χ4n) is 3.80. The van der Waals surface area contributed by atoms with Crippen LogP contribution in [-0.2, 0) is 11.8 Å². The number of rotatable bonds is 4. The van der Waals surface area contributed by atoms with E-state index in [1.807, 2.05) is 44.8 Å². The number of aliphatic hydroxyl groups is 1. The van der Waals surface area contributed by atoms with E-state index in [2.05, 4.69) is 10.3 Å². The Balaban J connectivity index is 1.96. The van der Waals surface area contributed by atoms with Crippen LogP contribution in [0.15, 0.2) is 34.9 Å². The molecule has 7 nitrogen and oxygen atoms in total. The van der Waals surface area contributed by atoms with E-state index in [-0.39, 0.29) is 35.1 Å². The molecule has 2 aliphatic carbocycles. The second-order valence-corrected chi connectivity index (χ2v) is 9.14. The molecule has 0 unspecified atom stereocenters. The number of aryl methyl sites for hydroxylation is 1. The second-order valence-electron chi connectivity index (χ2n) is 9.14. The Kier molecular flexibility index (Phi) is 5.57. The van der Waals surface area contributed by atoms with Gasteiger partial charge in [0.25, 0.3) is 5.91 Å². The van der Waals surface area contributed by atoms with Crippen LogP contribution in [0.3, 0.4) is 0 Å². The Labute approximate surface area is 166 Å². The lowest BCUT2D eigenvalue weighted by atomic mass is 9.79. The molecule has 3 rings (SSSR count). The number of hydrogen-bond donors (Lipinski definition) is 3. The molecule has 28 heavy (non-hydrogen) atoms. The number of aromatic nitrogens is 2. The van der Waals surface area contributed by atoms with Crippen molar-refractivity contribution in [1.82, 2.24) is 10.3 Å². The highest BCUT2D eigenvalue weighted by Gasteiger charge is 2.50. The molecule has 1 amide bonds. The maximum atomic E-state index is 12.9. The van der Waals surface area contributed by atoms with Gasteiger partial charge in [-0.25, -0.2) is 14.5 Å². The third-order valence-electron chi connectivity index (χ3n) is 5.88. The molecule has 1 spiro atoms. The summed E-state index contributed by atoms with van der Waals surface area (Å²) in [5, 5.41) is 12.6. The molecule has 0 bridgehead atoms. The molecular formula is C21H32N5O2+. The minimum absolute atomic E-state index is 0.0367. The minimum Gasteiger partial charge on any atom is -0.394 e. The summed E-state index contributed by atoms with van der Waals surface area (Å²) in [5.74, 6) is 0.294. The summed E-state index contributed by atoms with van der Waals surface area (Å²) in [7, 11) is 1.93. The standard InChI is InChI=1S/C21H31N5O2/c1-20(2,3)15(13-27)24-19(28)17(22)14-6-5-7-21(8-9-21)18(14)25-16-12-26(4)11-10-23-16/h10-12,15,27H,5-9,13H2,1-4H3,(H2-,22,23,24,25,28)/p+1/t15-/m1/s1. The van der Waals surface area contributed by atoms with Crippen molar-refractivity contribution in [2.75, 3.05) is 6.61 Å². The minimum atomic E-state index is -0.368. The zero-order valence-electron chi connectivity index (χ0n) is 17.3. The summed E-state index contributed by atoms with van der Waals surface area (Å²) >= 11 is 0. The quantitative estimate of drug-likeness (QED) is 0.541. The molecule has 2 fully saturated rings. The van der Waals surface area contributed by atoms with Crippen LogP contribution in [0, 0.1) is 10.8 Å². The van der Waals surface area contributed by atoms with Crippen molar-refractivity contribution in [3.8, 4) is 0 Å². The van der Waals surface area contributed by atoms with Crippen molar-refractivity contribution in [1.29, 1.82) is 0 Å². The average molecular weight is 387 g/mol. The average Bonchev–Trinajstić information content (AvgIpc) is 3.40. The van der Waals surface area contributed by atoms with Gasteiger partial charge in [-0.15, -0.1) is 0 Å². The molecule has 0 radical (unpaired) electrons. The molecule has 1 heterocycles. The fourth-order valence-corrected chi connectivity index (χ4v) is 3.80. The second kappa shape index (κ2) is 7.62. The Hall–Kier alpha value is -2.28. The van der Waals surface area contributed by atoms with Crippen molar-refractivity contribution in [3.63, 3.8) is 0 Å². The number of aliphatic hydroxyl groups excluding tert-OH is 1. The zero-order valence-corrected chi connectivity index (χ0v) is 17.3. The fraction of sp³-hybridized carbons (Fsp3) is 0.619. The highest BCUT2D eigenvalue weighted by molar-refractivity contribution is 6.12. The highest BCUT2D eigenvalue weighted by atomic mass is 16.3. The topological polar surface area (TPSA) is 104 Å². The number of aliphatic imine (C=N–C) groups is 1. The monoisotopic (exact) mass is 386 g/mol. The number of amides is 1. The van der Waals surface area contributed by atoms with Crippen LogP contribution in [0.4, 0.5) is 5.82 Å². The van der Waals surface area contributed by atoms with Crippen molar-refractivity contribution in [2.45, 2.75) is 58.9 Å². The van der Waals surface area contributed by atoms with Crippen molar-refractivity contribution in [3.05, 3.63) is 29.9 Å². The number of nitrogens with zero attached hydrogens (tertiary/aromatic N) is 3. The van der Waals surface area contributed by atoms with E-state index in [0.29, 0.717) is 5.82 Å². The molecule has 0 saturated heterocycles. The Morgan fingerprint density at radius 3 is 2.71 bits per heavy atom. The van der Waals surface area contributed by atoms with Crippen LogP contribution in [0.25, 0.3) is 0 Å². The molecule has 4 N–H and O–H groups in total. The van der Waals surface area contributed by atoms with Crippen LogP contribution in [0.5, 0.6) is 0 Å². The summed E-state index contributed by atoms with van der Waals surface area (Å²) < 4.78 is 1.91. The van der Waals surface area contributed by atoms with E-state index in [9.17, 15) is 9.90 Å². The van der Waals surface area contributed by atoms with E-state index in [4.69, 9.17) is 10.7 Å². The molecule has 1 aromatic rings. The number of carbonyl (C=O) groups excluding carboxylic acids is 1. The van der Waals surface area contributed by atoms with Crippen LogP contribution >= 0.6 is 0 Å². The Morgan fingerprint density at radius 1 is 1.43 bits per heavy atom. The van der Waals surface area contributed by atoms with Gasteiger partial charge >= 0.3 is 0 Å². The molecule has 0 aromatic carbocycles. The smallest absolute Gasteiger partial charge is 0.267 e. The first kappa shape index (κ1) is 20.5. The number of nitrogens with one attached hydrogen (secondary N) is 1. The Morgan fingerprint density at radius 2 is 2.14 bits per heavy atom. The van der Waals surface area contributed by atoms with Gasteiger partial charge in [-0.2, -0.15) is 0 Å². The van der Waals surface area contributed by atoms with Crippen LogP contribution in [0.2, 0.25) is 0 Å². The summed E-state index contributed by atoms with van der Waals surface area (Å²) in [6, 6.07) is -0.368. The van der Waals surface area contributed by atoms with Gasteiger partial charge in [-0.05, 0) is 37.5 Å². The molecular weight excluding hydrogens is 354 g/mol. The van der Waals surface area contributed by atoms with Crippen LogP contribution in [0.1, 0.15) is 52.9 Å². The number of hydrogen-bond acceptors (Lipinski definition) is 5. The molecule has 2 saturated carbocycles. The largest absolute Gasteiger partial charge is 0.394 e. The molecule has 0 aliphatic heterocycles. The number of allylic oxidation sites excluding steroid dienone is 1. The van der Waals surface area contributed by atoms with E-state index in [1.165, 1.54) is 0 Å². The number of nitrogens with two attached hydrogens (primary N) is 1. The lowest BCUT2D eigenvalue weighted by molar-refractivity contribution is -0.671. The first-order chi connectivity index (χ1) is 13.2. The van der Waals surface area contributed by atoms with Gasteiger partial charge in [0.15, 0.2) is 6.20 Å². The van der Waals surface area contributed by atoms with E-state index < -0.39 is 0 Å². The molecule has 7 heteroatoms. The SMILES string of the molecule is C[n+]1ccnc(N=C2C(=C(N)C(=O)N[C@H](CO)C(C)(C)C)CCCC23CC3)c1. The molecule has 1 aromatic heterocycles. The lowest BCUT2D eigenvalue weighted by Gasteiger charge is -2.31. The predicted octanol–water partition coefficient (Wildman–Crippen LogP) is 1.68. The van der Waals surface area contributed by atoms with Crippen molar-refractivity contribution >= 4 is 17.4 Å². The summed E-state index contributed by atoms with van der Waals surface area (Å²) in [4.78, 5) is 22.1. The normalized spacial score (nSPS) is 22.8. The number of carbonyl (C=O) groups is 1. The van der Waals surface area contributed by atoms with E-state index in [0.717, 1.165) is 43.4 Å². The molecule has 152 valence electrons. The maximum absolute atomic E-state index is 12.9. The van der Waals surface area contributed by atoms with Gasteiger partial charge in [-0.1, -0.05) is 20.8 Å². The van der Waals surface area contributed by atoms with Crippen LogP contribution in [-0.4, -0.2) is 34.4 Å². The van der Waals surface area contributed by atoms with Gasteiger partial charge in [0.05, 0.1) is 24.6 Å². The van der Waals surface area contributed by atoms with Crippen molar-refractivity contribution in [2.24, 2.45) is 28.6 Å². The molecule has 2 aliphatic rings. The summed E-state index contributed by atoms with van der Waals surface area (Å²) in [6.45, 7) is 5.80. The third kappa shape index (κ3) is 4.24. The van der Waals surface area contributed by atoms with Gasteiger partial charge in [0, 0.05) is 11.0 Å². The van der Waals surface area contributed by atoms with Gasteiger partial charge in [0.2, 0.25) is 12.0 Å². The third-order valence-corrected chi connectivity index (χ3v) is 5.88. The van der Waals surface area contributed by atoms with Crippen molar-refractivity contribution < 1.29 is 14.5 Å². The predicted molar refractivity (Wildman–Crippen MR) is 108 cm³/mol.